The topological polar surface area (TPSA) is 141 Å². The van der Waals surface area contributed by atoms with Gasteiger partial charge in [-0.15, -0.1) is 10.3 Å². The second-order valence-corrected chi connectivity index (χ2v) is 16.9. The van der Waals surface area contributed by atoms with Gasteiger partial charge in [0.1, 0.15) is 19.8 Å². The van der Waals surface area contributed by atoms with Crippen molar-refractivity contribution < 1.29 is 39.0 Å². The Kier molecular flexibility index (Phi) is 10.9. The van der Waals surface area contributed by atoms with E-state index in [0.717, 1.165) is 5.06 Å². The third-order valence-electron chi connectivity index (χ3n) is 10.4. The first kappa shape index (κ1) is 37.6. The number of hydrogen-bond donors (Lipinski definition) is 2. The molecule has 3 saturated heterocycles. The van der Waals surface area contributed by atoms with E-state index < -0.39 is 45.5 Å². The number of rotatable bonds is 12. The van der Waals surface area contributed by atoms with Crippen molar-refractivity contribution in [1.29, 1.82) is 0 Å². The number of carbonyl (C=O) groups excluding carboxylic acids is 3. The van der Waals surface area contributed by atoms with Gasteiger partial charge in [-0.25, -0.2) is 0 Å². The minimum atomic E-state index is -0.882. The largest absolute Gasteiger partial charge is 0.464 e. The average Bonchev–Trinajstić information content (AvgIpc) is 3.31. The van der Waals surface area contributed by atoms with Crippen molar-refractivity contribution >= 4 is 17.9 Å². The quantitative estimate of drug-likeness (QED) is 0.239. The molecule has 3 rings (SSSR count). The molecule has 0 saturated carbocycles. The molecule has 3 aliphatic heterocycles. The maximum absolute atomic E-state index is 13.1. The highest BCUT2D eigenvalue weighted by Crippen LogP contribution is 2.45. The minimum absolute atomic E-state index is 0.0731. The number of ether oxygens (including phenoxy) is 3. The summed E-state index contributed by atoms with van der Waals surface area (Å²) in [5.74, 6) is -2.40. The molecule has 3 atom stereocenters. The van der Waals surface area contributed by atoms with E-state index in [-0.39, 0.29) is 43.2 Å². The summed E-state index contributed by atoms with van der Waals surface area (Å²) in [4.78, 5) is 41.1. The number of nitrogens with one attached hydrogen (secondary N) is 1. The molecule has 12 nitrogen and oxygen atoms in total. The predicted molar refractivity (Wildman–Crippen MR) is 167 cm³/mol. The van der Waals surface area contributed by atoms with Gasteiger partial charge in [-0.1, -0.05) is 0 Å². The molecule has 0 aromatic heterocycles. The van der Waals surface area contributed by atoms with Crippen LogP contribution in [0.25, 0.3) is 0 Å². The fourth-order valence-corrected chi connectivity index (χ4v) is 7.88. The summed E-state index contributed by atoms with van der Waals surface area (Å²) in [6.45, 7) is 24.1. The van der Waals surface area contributed by atoms with Crippen molar-refractivity contribution in [1.82, 2.24) is 20.3 Å². The van der Waals surface area contributed by atoms with Gasteiger partial charge in [0.15, 0.2) is 0 Å². The van der Waals surface area contributed by atoms with Gasteiger partial charge < -0.3 is 24.7 Å². The van der Waals surface area contributed by atoms with Crippen LogP contribution >= 0.6 is 0 Å². The van der Waals surface area contributed by atoms with Crippen molar-refractivity contribution in [2.45, 2.75) is 136 Å². The maximum Gasteiger partial charge on any atom is 0.311 e. The molecule has 3 heterocycles. The Labute approximate surface area is 270 Å². The van der Waals surface area contributed by atoms with Crippen LogP contribution < -0.4 is 5.32 Å². The summed E-state index contributed by atoms with van der Waals surface area (Å²) in [5.41, 5.74) is -3.44. The Bertz CT molecular complexity index is 1040. The van der Waals surface area contributed by atoms with Crippen LogP contribution in [0.4, 0.5) is 0 Å². The Morgan fingerprint density at radius 3 is 1.40 bits per heavy atom. The fourth-order valence-electron chi connectivity index (χ4n) is 7.88. The highest BCUT2D eigenvalue weighted by Gasteiger charge is 2.56. The molecule has 3 unspecified atom stereocenters. The number of esters is 3. The monoisotopic (exact) mass is 639 g/mol. The second kappa shape index (κ2) is 13.0. The van der Waals surface area contributed by atoms with Crippen molar-refractivity contribution in [2.75, 3.05) is 39.5 Å². The van der Waals surface area contributed by atoms with Gasteiger partial charge in [0.25, 0.3) is 0 Å². The molecule has 0 aromatic carbocycles. The fraction of sp³-hybridized carbons (Fsp3) is 0.909. The van der Waals surface area contributed by atoms with E-state index in [2.05, 4.69) is 19.2 Å². The number of nitrogens with zero attached hydrogens (tertiary/aromatic N) is 3. The minimum Gasteiger partial charge on any atom is -0.464 e. The number of carbonyl (C=O) groups is 3. The first-order valence-corrected chi connectivity index (χ1v) is 16.3. The van der Waals surface area contributed by atoms with Gasteiger partial charge >= 0.3 is 17.9 Å². The number of hydroxylamine groups is 4. The van der Waals surface area contributed by atoms with Crippen LogP contribution in [0.5, 0.6) is 0 Å². The summed E-state index contributed by atoms with van der Waals surface area (Å²) in [5, 5.41) is 29.1. The molecule has 12 heteroatoms. The Balaban J connectivity index is 1.58. The van der Waals surface area contributed by atoms with E-state index in [1.54, 1.807) is 13.8 Å². The standard InChI is InChI=1S/C33H59N4O8/c1-28(2)19-22(31(7,8)34-28)25(38)43-16-13-35(14-17-44-26(39)23-20-29(3,4)36(41)32(23,9)10)15-18-45-27(40)24-21-30(5,6)37(42)33(24,11)12/h22-24,34,41H,13-21H2,1-12H3. The lowest BCUT2D eigenvalue weighted by atomic mass is 9.87. The van der Waals surface area contributed by atoms with Gasteiger partial charge in [0.05, 0.1) is 28.8 Å². The summed E-state index contributed by atoms with van der Waals surface area (Å²) in [6.07, 6.45) is 1.53. The first-order chi connectivity index (χ1) is 20.3. The van der Waals surface area contributed by atoms with Gasteiger partial charge in [-0.3, -0.25) is 19.3 Å². The molecular weight excluding hydrogens is 580 g/mol. The third kappa shape index (κ3) is 8.19. The summed E-state index contributed by atoms with van der Waals surface area (Å²) in [6, 6.07) is 0. The van der Waals surface area contributed by atoms with Crippen LogP contribution in [-0.2, 0) is 33.8 Å². The normalized spacial score (nSPS) is 29.5. The lowest BCUT2D eigenvalue weighted by molar-refractivity contribution is -0.248. The molecule has 0 bridgehead atoms. The van der Waals surface area contributed by atoms with Crippen LogP contribution in [0.15, 0.2) is 0 Å². The van der Waals surface area contributed by atoms with Crippen molar-refractivity contribution in [3.63, 3.8) is 0 Å². The molecule has 0 aromatic rings. The molecule has 0 amide bonds. The van der Waals surface area contributed by atoms with E-state index in [1.807, 2.05) is 60.3 Å². The van der Waals surface area contributed by atoms with E-state index in [4.69, 9.17) is 14.2 Å². The van der Waals surface area contributed by atoms with Gasteiger partial charge in [0.2, 0.25) is 0 Å². The van der Waals surface area contributed by atoms with Crippen LogP contribution in [0.2, 0.25) is 0 Å². The molecule has 259 valence electrons. The van der Waals surface area contributed by atoms with Crippen LogP contribution in [0.3, 0.4) is 0 Å². The summed E-state index contributed by atoms with van der Waals surface area (Å²) in [7, 11) is 0. The Hall–Kier alpha value is -1.83. The summed E-state index contributed by atoms with van der Waals surface area (Å²) < 4.78 is 17.1. The zero-order chi connectivity index (χ0) is 34.4. The molecule has 45 heavy (non-hydrogen) atoms. The molecular formula is C33H59N4O8. The SMILES string of the molecule is CC1(C)CC(C(=O)OCCN(CCOC(=O)C2CC(C)(C)N([O])C2(C)C)CCOC(=O)C2CC(C)(C)N(O)C2(C)C)C(C)(C)N1. The number of hydrogen-bond acceptors (Lipinski definition) is 11. The molecule has 2 N–H and O–H groups in total. The predicted octanol–water partition coefficient (Wildman–Crippen LogP) is 3.58. The van der Waals surface area contributed by atoms with E-state index in [0.29, 0.717) is 38.9 Å². The molecule has 0 aliphatic carbocycles. The second-order valence-electron chi connectivity index (χ2n) is 16.9. The zero-order valence-corrected chi connectivity index (χ0v) is 29.7. The zero-order valence-electron chi connectivity index (χ0n) is 29.7. The maximum atomic E-state index is 13.1. The third-order valence-corrected chi connectivity index (χ3v) is 10.4. The van der Waals surface area contributed by atoms with Crippen molar-refractivity contribution in [3.8, 4) is 0 Å². The lowest BCUT2D eigenvalue weighted by Gasteiger charge is -2.35. The van der Waals surface area contributed by atoms with Gasteiger partial charge in [0, 0.05) is 41.8 Å². The van der Waals surface area contributed by atoms with Crippen molar-refractivity contribution in [2.24, 2.45) is 17.8 Å². The van der Waals surface area contributed by atoms with Gasteiger partial charge in [-0.05, 0) is 102 Å². The Morgan fingerprint density at radius 1 is 0.667 bits per heavy atom. The van der Waals surface area contributed by atoms with E-state index in [9.17, 15) is 24.8 Å². The molecule has 3 aliphatic rings. The van der Waals surface area contributed by atoms with Gasteiger partial charge in [-0.2, -0.15) is 5.06 Å². The lowest BCUT2D eigenvalue weighted by Crippen LogP contribution is -2.48. The summed E-state index contributed by atoms with van der Waals surface area (Å²) >= 11 is 0. The molecule has 3 fully saturated rings. The first-order valence-electron chi connectivity index (χ1n) is 16.3. The molecule has 1 radical (unpaired) electrons. The Morgan fingerprint density at radius 2 is 1.07 bits per heavy atom. The van der Waals surface area contributed by atoms with Crippen molar-refractivity contribution in [3.05, 3.63) is 0 Å². The molecule has 0 spiro atoms. The highest BCUT2D eigenvalue weighted by atomic mass is 16.5. The smallest absolute Gasteiger partial charge is 0.311 e. The van der Waals surface area contributed by atoms with Crippen LogP contribution in [-0.4, -0.2) is 111 Å². The highest BCUT2D eigenvalue weighted by molar-refractivity contribution is 5.76. The van der Waals surface area contributed by atoms with Crippen LogP contribution in [0, 0.1) is 17.8 Å². The van der Waals surface area contributed by atoms with E-state index in [1.165, 1.54) is 5.06 Å². The van der Waals surface area contributed by atoms with E-state index >= 15 is 0 Å². The average molecular weight is 640 g/mol. The van der Waals surface area contributed by atoms with Crippen LogP contribution in [0.1, 0.15) is 102 Å².